The maximum absolute atomic E-state index is 12.1. The quantitative estimate of drug-likeness (QED) is 0.883. The second kappa shape index (κ2) is 6.06. The number of aromatic amines is 1. The van der Waals surface area contributed by atoms with Crippen LogP contribution in [0, 0.1) is 5.92 Å². The molecule has 0 bridgehead atoms. The smallest absolute Gasteiger partial charge is 0.255 e. The van der Waals surface area contributed by atoms with Crippen LogP contribution in [0.4, 0.5) is 0 Å². The van der Waals surface area contributed by atoms with E-state index < -0.39 is 0 Å². The normalized spacial score (nSPS) is 20.9. The number of hydrogen-bond donors (Lipinski definition) is 2. The highest BCUT2D eigenvalue weighted by Gasteiger charge is 2.29. The van der Waals surface area contributed by atoms with E-state index in [1.165, 1.54) is 32.1 Å². The van der Waals surface area contributed by atoms with E-state index in [1.54, 1.807) is 0 Å². The Morgan fingerprint density at radius 3 is 2.85 bits per heavy atom. The van der Waals surface area contributed by atoms with Crippen LogP contribution in [0.5, 0.6) is 0 Å². The van der Waals surface area contributed by atoms with Gasteiger partial charge in [0.05, 0.1) is 11.3 Å². The standard InChI is InChI=1S/C15H23N3O2/c1-2-20-13(10-6-4-3-5-7-10)14-17-12-9-16-8-11(12)15(19)18-14/h10,13,16H,2-9H2,1H3,(H,17,18,19). The highest BCUT2D eigenvalue weighted by molar-refractivity contribution is 5.22. The zero-order chi connectivity index (χ0) is 13.9. The van der Waals surface area contributed by atoms with Gasteiger partial charge in [-0.1, -0.05) is 19.3 Å². The monoisotopic (exact) mass is 277 g/mol. The van der Waals surface area contributed by atoms with E-state index >= 15 is 0 Å². The van der Waals surface area contributed by atoms with Crippen molar-refractivity contribution in [3.05, 3.63) is 27.4 Å². The molecule has 5 nitrogen and oxygen atoms in total. The molecule has 1 atom stereocenters. The second-order valence-electron chi connectivity index (χ2n) is 5.75. The summed E-state index contributed by atoms with van der Waals surface area (Å²) in [5, 5.41) is 3.18. The summed E-state index contributed by atoms with van der Waals surface area (Å²) in [6.45, 7) is 3.97. The van der Waals surface area contributed by atoms with Gasteiger partial charge < -0.3 is 15.0 Å². The number of aromatic nitrogens is 2. The van der Waals surface area contributed by atoms with Crippen molar-refractivity contribution in [1.29, 1.82) is 0 Å². The first kappa shape index (κ1) is 13.8. The fourth-order valence-electron chi connectivity index (χ4n) is 3.39. The highest BCUT2D eigenvalue weighted by Crippen LogP contribution is 2.35. The molecule has 5 heteroatoms. The van der Waals surface area contributed by atoms with Crippen LogP contribution in [-0.4, -0.2) is 16.6 Å². The van der Waals surface area contributed by atoms with Gasteiger partial charge in [-0.25, -0.2) is 4.98 Å². The second-order valence-corrected chi connectivity index (χ2v) is 5.75. The first-order chi connectivity index (χ1) is 9.79. The summed E-state index contributed by atoms with van der Waals surface area (Å²) in [5.41, 5.74) is 1.67. The summed E-state index contributed by atoms with van der Waals surface area (Å²) in [6, 6.07) is 0. The Hall–Kier alpha value is -1.20. The van der Waals surface area contributed by atoms with Gasteiger partial charge in [0.2, 0.25) is 0 Å². The molecule has 1 aliphatic carbocycles. The fourth-order valence-corrected chi connectivity index (χ4v) is 3.39. The van der Waals surface area contributed by atoms with E-state index in [0.717, 1.165) is 17.1 Å². The molecule has 1 aromatic heterocycles. The van der Waals surface area contributed by atoms with Gasteiger partial charge in [-0.15, -0.1) is 0 Å². The highest BCUT2D eigenvalue weighted by atomic mass is 16.5. The minimum Gasteiger partial charge on any atom is -0.370 e. The topological polar surface area (TPSA) is 67.0 Å². The maximum Gasteiger partial charge on any atom is 0.255 e. The largest absolute Gasteiger partial charge is 0.370 e. The SMILES string of the molecule is CCOC(c1nc2c(c(=O)[nH]1)CNC2)C1CCCCC1. The number of nitrogens with zero attached hydrogens (tertiary/aromatic N) is 1. The minimum atomic E-state index is -0.0566. The summed E-state index contributed by atoms with van der Waals surface area (Å²) < 4.78 is 5.93. The molecule has 0 spiro atoms. The zero-order valence-corrected chi connectivity index (χ0v) is 12.1. The van der Waals surface area contributed by atoms with Gasteiger partial charge in [-0.05, 0) is 25.7 Å². The molecule has 1 saturated carbocycles. The number of nitrogens with one attached hydrogen (secondary N) is 2. The van der Waals surface area contributed by atoms with Gasteiger partial charge in [0.15, 0.2) is 0 Å². The lowest BCUT2D eigenvalue weighted by molar-refractivity contribution is -0.000473. The van der Waals surface area contributed by atoms with Crippen molar-refractivity contribution in [2.75, 3.05) is 6.61 Å². The molecule has 2 N–H and O–H groups in total. The number of H-pyrrole nitrogens is 1. The van der Waals surface area contributed by atoms with E-state index in [1.807, 2.05) is 6.92 Å². The Morgan fingerprint density at radius 1 is 1.30 bits per heavy atom. The van der Waals surface area contributed by atoms with Crippen LogP contribution in [0.15, 0.2) is 4.79 Å². The summed E-state index contributed by atoms with van der Waals surface area (Å²) in [4.78, 5) is 19.8. The van der Waals surface area contributed by atoms with E-state index in [9.17, 15) is 4.79 Å². The average Bonchev–Trinajstić information content (AvgIpc) is 2.94. The lowest BCUT2D eigenvalue weighted by Gasteiger charge is -2.29. The Labute approximate surface area is 119 Å². The van der Waals surface area contributed by atoms with E-state index in [4.69, 9.17) is 4.74 Å². The summed E-state index contributed by atoms with van der Waals surface area (Å²) in [7, 11) is 0. The molecule has 0 aromatic carbocycles. The predicted molar refractivity (Wildman–Crippen MR) is 76.3 cm³/mol. The Balaban J connectivity index is 1.90. The van der Waals surface area contributed by atoms with Crippen LogP contribution in [0.1, 0.15) is 62.2 Å². The van der Waals surface area contributed by atoms with Crippen LogP contribution in [0.25, 0.3) is 0 Å². The first-order valence-electron chi connectivity index (χ1n) is 7.74. The molecule has 1 fully saturated rings. The molecule has 110 valence electrons. The van der Waals surface area contributed by atoms with Gasteiger partial charge in [-0.2, -0.15) is 0 Å². The van der Waals surface area contributed by atoms with E-state index in [-0.39, 0.29) is 11.7 Å². The Morgan fingerprint density at radius 2 is 2.10 bits per heavy atom. The fraction of sp³-hybridized carbons (Fsp3) is 0.733. The Kier molecular flexibility index (Phi) is 4.17. The van der Waals surface area contributed by atoms with Crippen molar-refractivity contribution in [3.8, 4) is 0 Å². The number of fused-ring (bicyclic) bond motifs is 1. The molecule has 2 aliphatic rings. The lowest BCUT2D eigenvalue weighted by Crippen LogP contribution is -2.26. The van der Waals surface area contributed by atoms with Crippen molar-refractivity contribution in [1.82, 2.24) is 15.3 Å². The summed E-state index contributed by atoms with van der Waals surface area (Å²) >= 11 is 0. The molecule has 0 radical (unpaired) electrons. The third-order valence-corrected chi connectivity index (χ3v) is 4.41. The number of ether oxygens (including phenoxy) is 1. The van der Waals surface area contributed by atoms with Gasteiger partial charge in [-0.3, -0.25) is 4.79 Å². The zero-order valence-electron chi connectivity index (χ0n) is 12.1. The molecule has 3 rings (SSSR count). The van der Waals surface area contributed by atoms with Crippen LogP contribution in [0.3, 0.4) is 0 Å². The average molecular weight is 277 g/mol. The van der Waals surface area contributed by atoms with Gasteiger partial charge in [0, 0.05) is 19.7 Å². The van der Waals surface area contributed by atoms with Crippen molar-refractivity contribution in [2.24, 2.45) is 5.92 Å². The minimum absolute atomic E-state index is 0.00416. The van der Waals surface area contributed by atoms with Gasteiger partial charge >= 0.3 is 0 Å². The third kappa shape index (κ3) is 2.65. The molecule has 1 aliphatic heterocycles. The number of hydrogen-bond acceptors (Lipinski definition) is 4. The van der Waals surface area contributed by atoms with Crippen LogP contribution >= 0.6 is 0 Å². The first-order valence-corrected chi connectivity index (χ1v) is 7.74. The van der Waals surface area contributed by atoms with Crippen molar-refractivity contribution in [2.45, 2.75) is 58.2 Å². The summed E-state index contributed by atoms with van der Waals surface area (Å²) in [6.07, 6.45) is 6.11. The van der Waals surface area contributed by atoms with Gasteiger partial charge in [0.25, 0.3) is 5.56 Å². The maximum atomic E-state index is 12.1. The molecule has 20 heavy (non-hydrogen) atoms. The van der Waals surface area contributed by atoms with Crippen molar-refractivity contribution < 1.29 is 4.74 Å². The third-order valence-electron chi connectivity index (χ3n) is 4.41. The molecule has 1 aromatic rings. The van der Waals surface area contributed by atoms with Crippen LogP contribution < -0.4 is 10.9 Å². The molecule has 2 heterocycles. The van der Waals surface area contributed by atoms with E-state index in [0.29, 0.717) is 25.6 Å². The molecule has 1 unspecified atom stereocenters. The van der Waals surface area contributed by atoms with Crippen LogP contribution in [0.2, 0.25) is 0 Å². The molecule has 0 saturated heterocycles. The Bertz CT molecular complexity index is 520. The van der Waals surface area contributed by atoms with Crippen molar-refractivity contribution in [3.63, 3.8) is 0 Å². The molecular formula is C15H23N3O2. The lowest BCUT2D eigenvalue weighted by atomic mass is 9.85. The molecule has 0 amide bonds. The van der Waals surface area contributed by atoms with Crippen molar-refractivity contribution >= 4 is 0 Å². The summed E-state index contributed by atoms with van der Waals surface area (Å²) in [5.74, 6) is 1.21. The van der Waals surface area contributed by atoms with E-state index in [2.05, 4.69) is 15.3 Å². The predicted octanol–water partition coefficient (Wildman–Crippen LogP) is 2.03. The molecular weight excluding hydrogens is 254 g/mol. The number of rotatable bonds is 4. The van der Waals surface area contributed by atoms with Gasteiger partial charge in [0.1, 0.15) is 11.9 Å². The van der Waals surface area contributed by atoms with Crippen LogP contribution in [-0.2, 0) is 17.8 Å².